The van der Waals surface area contributed by atoms with Crippen molar-refractivity contribution in [2.75, 3.05) is 26.2 Å². The van der Waals surface area contributed by atoms with Gasteiger partial charge in [-0.15, -0.1) is 0 Å². The van der Waals surface area contributed by atoms with Gasteiger partial charge in [0.2, 0.25) is 10.0 Å². The zero-order valence-electron chi connectivity index (χ0n) is 12.7. The molecule has 1 aliphatic rings. The Kier molecular flexibility index (Phi) is 6.57. The van der Waals surface area contributed by atoms with Gasteiger partial charge in [-0.25, -0.2) is 13.1 Å². The Morgan fingerprint density at radius 2 is 1.91 bits per heavy atom. The maximum atomic E-state index is 11.9. The highest BCUT2D eigenvalue weighted by molar-refractivity contribution is 7.92. The number of nitrogens with zero attached hydrogens (tertiary/aromatic N) is 1. The molecule has 122 valence electrons. The molecular weight excluding hydrogens is 300 g/mol. The highest BCUT2D eigenvalue weighted by Gasteiger charge is 2.16. The first kappa shape index (κ1) is 17.1. The molecule has 0 spiro atoms. The van der Waals surface area contributed by atoms with Crippen molar-refractivity contribution in [1.82, 2.24) is 9.62 Å². The van der Waals surface area contributed by atoms with Gasteiger partial charge in [0.05, 0.1) is 6.10 Å². The zero-order chi connectivity index (χ0) is 15.8. The van der Waals surface area contributed by atoms with Crippen molar-refractivity contribution < 1.29 is 13.5 Å². The number of piperidine rings is 1. The molecule has 0 aromatic heterocycles. The van der Waals surface area contributed by atoms with Gasteiger partial charge in [0.1, 0.15) is 0 Å². The van der Waals surface area contributed by atoms with Gasteiger partial charge in [-0.2, -0.15) is 0 Å². The van der Waals surface area contributed by atoms with Crippen molar-refractivity contribution >= 4 is 16.1 Å². The Labute approximate surface area is 132 Å². The lowest BCUT2D eigenvalue weighted by Gasteiger charge is -2.29. The van der Waals surface area contributed by atoms with Crippen LogP contribution in [0.5, 0.6) is 0 Å². The lowest BCUT2D eigenvalue weighted by atomic mass is 10.1. The van der Waals surface area contributed by atoms with Crippen molar-refractivity contribution in [3.05, 3.63) is 41.3 Å². The number of nitrogens with one attached hydrogen (secondary N) is 1. The van der Waals surface area contributed by atoms with Gasteiger partial charge < -0.3 is 10.0 Å². The standard InChI is InChI=1S/C16H24N2O3S/c19-16-7-12-18(13-8-16)11-4-10-17-22(20,21)14-9-15-5-2-1-3-6-15/h1-3,5-6,9,14,16-17,19H,4,7-8,10-13H2/b14-9+. The maximum absolute atomic E-state index is 11.9. The van der Waals surface area contributed by atoms with Crippen LogP contribution in [-0.2, 0) is 10.0 Å². The summed E-state index contributed by atoms with van der Waals surface area (Å²) in [5, 5.41) is 10.6. The SMILES string of the molecule is O=S(=O)(/C=C/c1ccccc1)NCCCN1CCC(O)CC1. The van der Waals surface area contributed by atoms with E-state index in [4.69, 9.17) is 0 Å². The molecule has 1 heterocycles. The van der Waals surface area contributed by atoms with E-state index in [2.05, 4.69) is 9.62 Å². The molecule has 22 heavy (non-hydrogen) atoms. The smallest absolute Gasteiger partial charge is 0.233 e. The summed E-state index contributed by atoms with van der Waals surface area (Å²) in [5.41, 5.74) is 0.861. The van der Waals surface area contributed by atoms with E-state index >= 15 is 0 Å². The second kappa shape index (κ2) is 8.43. The zero-order valence-corrected chi connectivity index (χ0v) is 13.5. The van der Waals surface area contributed by atoms with Crippen molar-refractivity contribution in [3.63, 3.8) is 0 Å². The fraction of sp³-hybridized carbons (Fsp3) is 0.500. The molecule has 0 bridgehead atoms. The third-order valence-corrected chi connectivity index (χ3v) is 4.85. The molecule has 2 rings (SSSR count). The molecule has 0 aliphatic carbocycles. The van der Waals surface area contributed by atoms with E-state index in [1.54, 1.807) is 6.08 Å². The third-order valence-electron chi connectivity index (χ3n) is 3.75. The van der Waals surface area contributed by atoms with Crippen LogP contribution in [-0.4, -0.2) is 50.7 Å². The largest absolute Gasteiger partial charge is 0.393 e. The second-order valence-corrected chi connectivity index (χ2v) is 7.23. The Bertz CT molecular complexity index is 564. The Hall–Kier alpha value is -1.21. The lowest BCUT2D eigenvalue weighted by Crippen LogP contribution is -2.37. The normalized spacial score (nSPS) is 18.0. The minimum Gasteiger partial charge on any atom is -0.393 e. The van der Waals surface area contributed by atoms with Gasteiger partial charge in [0.25, 0.3) is 0 Å². The predicted octanol–water partition coefficient (Wildman–Crippen LogP) is 1.42. The first-order valence-electron chi connectivity index (χ1n) is 7.68. The third kappa shape index (κ3) is 6.27. The minimum absolute atomic E-state index is 0.169. The van der Waals surface area contributed by atoms with Crippen LogP contribution < -0.4 is 4.72 Å². The minimum atomic E-state index is -3.38. The molecule has 0 atom stereocenters. The summed E-state index contributed by atoms with van der Waals surface area (Å²) in [6.45, 7) is 3.07. The molecule has 2 N–H and O–H groups in total. The Morgan fingerprint density at radius 3 is 2.59 bits per heavy atom. The maximum Gasteiger partial charge on any atom is 0.233 e. The van der Waals surface area contributed by atoms with Crippen molar-refractivity contribution in [2.24, 2.45) is 0 Å². The average Bonchev–Trinajstić information content (AvgIpc) is 2.52. The van der Waals surface area contributed by atoms with E-state index in [1.807, 2.05) is 30.3 Å². The van der Waals surface area contributed by atoms with Crippen LogP contribution in [0.4, 0.5) is 0 Å². The second-order valence-electron chi connectivity index (χ2n) is 5.58. The van der Waals surface area contributed by atoms with Gasteiger partial charge in [0, 0.05) is 25.0 Å². The number of benzene rings is 1. The molecule has 1 aromatic rings. The van der Waals surface area contributed by atoms with Crippen LogP contribution in [0, 0.1) is 0 Å². The van der Waals surface area contributed by atoms with Crippen LogP contribution in [0.2, 0.25) is 0 Å². The van der Waals surface area contributed by atoms with Crippen molar-refractivity contribution in [2.45, 2.75) is 25.4 Å². The van der Waals surface area contributed by atoms with Crippen molar-refractivity contribution in [1.29, 1.82) is 0 Å². The topological polar surface area (TPSA) is 69.6 Å². The molecule has 5 nitrogen and oxygen atoms in total. The highest BCUT2D eigenvalue weighted by Crippen LogP contribution is 2.09. The van der Waals surface area contributed by atoms with Crippen LogP contribution in [0.15, 0.2) is 35.7 Å². The summed E-state index contributed by atoms with van der Waals surface area (Å²) < 4.78 is 26.3. The Balaban J connectivity index is 1.68. The molecule has 0 radical (unpaired) electrons. The molecule has 1 aliphatic heterocycles. The highest BCUT2D eigenvalue weighted by atomic mass is 32.2. The van der Waals surface area contributed by atoms with E-state index in [9.17, 15) is 13.5 Å². The van der Waals surface area contributed by atoms with Crippen LogP contribution in [0.25, 0.3) is 6.08 Å². The fourth-order valence-corrected chi connectivity index (χ4v) is 3.30. The van der Waals surface area contributed by atoms with Gasteiger partial charge >= 0.3 is 0 Å². The summed E-state index contributed by atoms with van der Waals surface area (Å²) >= 11 is 0. The van der Waals surface area contributed by atoms with Gasteiger partial charge in [-0.3, -0.25) is 0 Å². The summed E-state index contributed by atoms with van der Waals surface area (Å²) in [5.74, 6) is 0. The molecule has 1 saturated heterocycles. The first-order chi connectivity index (χ1) is 10.6. The molecule has 0 unspecified atom stereocenters. The number of likely N-dealkylation sites (tertiary alicyclic amines) is 1. The number of hydrogen-bond donors (Lipinski definition) is 2. The summed E-state index contributed by atoms with van der Waals surface area (Å²) in [7, 11) is -3.38. The molecule has 0 amide bonds. The lowest BCUT2D eigenvalue weighted by molar-refractivity contribution is 0.0823. The fourth-order valence-electron chi connectivity index (χ4n) is 2.44. The van der Waals surface area contributed by atoms with E-state index in [-0.39, 0.29) is 6.10 Å². The Morgan fingerprint density at radius 1 is 1.23 bits per heavy atom. The number of sulfonamides is 1. The molecule has 0 saturated carbocycles. The number of rotatable bonds is 7. The van der Waals surface area contributed by atoms with E-state index in [0.29, 0.717) is 6.54 Å². The van der Waals surface area contributed by atoms with Crippen LogP contribution in [0.3, 0.4) is 0 Å². The monoisotopic (exact) mass is 324 g/mol. The summed E-state index contributed by atoms with van der Waals surface area (Å²) in [6, 6.07) is 9.35. The molecule has 1 aromatic carbocycles. The first-order valence-corrected chi connectivity index (χ1v) is 9.23. The van der Waals surface area contributed by atoms with Gasteiger partial charge in [-0.05, 0) is 37.4 Å². The van der Waals surface area contributed by atoms with Gasteiger partial charge in [-0.1, -0.05) is 30.3 Å². The van der Waals surface area contributed by atoms with Crippen molar-refractivity contribution in [3.8, 4) is 0 Å². The van der Waals surface area contributed by atoms with E-state index in [0.717, 1.165) is 44.5 Å². The van der Waals surface area contributed by atoms with Crippen LogP contribution in [0.1, 0.15) is 24.8 Å². The number of aliphatic hydroxyl groups is 1. The summed E-state index contributed by atoms with van der Waals surface area (Å²) in [4.78, 5) is 2.26. The molecule has 1 fully saturated rings. The van der Waals surface area contributed by atoms with E-state index in [1.165, 1.54) is 5.41 Å². The molecular formula is C16H24N2O3S. The van der Waals surface area contributed by atoms with Crippen LogP contribution >= 0.6 is 0 Å². The summed E-state index contributed by atoms with van der Waals surface area (Å²) in [6.07, 6.45) is 3.82. The van der Waals surface area contributed by atoms with Gasteiger partial charge in [0.15, 0.2) is 0 Å². The molecule has 6 heteroatoms. The van der Waals surface area contributed by atoms with E-state index < -0.39 is 10.0 Å². The predicted molar refractivity (Wildman–Crippen MR) is 88.7 cm³/mol. The number of hydrogen-bond acceptors (Lipinski definition) is 4. The number of aliphatic hydroxyl groups excluding tert-OH is 1. The quantitative estimate of drug-likeness (QED) is 0.744. The average molecular weight is 324 g/mol.